The molecule has 0 aliphatic carbocycles. The van der Waals surface area contributed by atoms with Crippen molar-refractivity contribution in [2.75, 3.05) is 11.5 Å². The van der Waals surface area contributed by atoms with E-state index in [2.05, 4.69) is 15.5 Å². The van der Waals surface area contributed by atoms with Crippen molar-refractivity contribution in [2.24, 2.45) is 10.9 Å². The van der Waals surface area contributed by atoms with Crippen LogP contribution in [0.3, 0.4) is 0 Å². The van der Waals surface area contributed by atoms with Gasteiger partial charge in [0.15, 0.2) is 23.2 Å². The van der Waals surface area contributed by atoms with E-state index in [4.69, 9.17) is 11.5 Å². The lowest BCUT2D eigenvalue weighted by Crippen LogP contribution is -2.72. The zero-order valence-electron chi connectivity index (χ0n) is 18.8. The van der Waals surface area contributed by atoms with E-state index in [0.717, 1.165) is 21.1 Å². The molecule has 13 nitrogen and oxygen atoms in total. The van der Waals surface area contributed by atoms with Crippen molar-refractivity contribution in [3.63, 3.8) is 0 Å². The average Bonchev–Trinajstić information content (AvgIpc) is 3.28. The highest BCUT2D eigenvalue weighted by Gasteiger charge is 2.53. The Morgan fingerprint density at radius 1 is 1.35 bits per heavy atom. The molecule has 7 N–H and O–H groups in total. The highest BCUT2D eigenvalue weighted by atomic mass is 32.2. The van der Waals surface area contributed by atoms with Crippen LogP contribution in [0, 0.1) is 0 Å². The largest absolute Gasteiger partial charge is 0.477 e. The van der Waals surface area contributed by atoms with Crippen molar-refractivity contribution in [3.05, 3.63) is 57.7 Å². The van der Waals surface area contributed by atoms with Crippen LogP contribution in [0.1, 0.15) is 4.88 Å². The van der Waals surface area contributed by atoms with Crippen molar-refractivity contribution in [1.82, 2.24) is 15.2 Å². The molecule has 0 saturated carbocycles. The number of aliphatic carboxylic acids is 1. The van der Waals surface area contributed by atoms with E-state index in [-0.39, 0.29) is 28.0 Å². The maximum Gasteiger partial charge on any atom is 0.353 e. The third-order valence-electron chi connectivity index (χ3n) is 5.29. The number of allylic oxidation sites excluding steroid dienone is 1. The first-order valence-corrected chi connectivity index (χ1v) is 13.2. The summed E-state index contributed by atoms with van der Waals surface area (Å²) in [5.41, 5.74) is 10.2. The van der Waals surface area contributed by atoms with Crippen LogP contribution in [-0.2, 0) is 25.7 Å². The Morgan fingerprint density at radius 2 is 2.08 bits per heavy atom. The van der Waals surface area contributed by atoms with Gasteiger partial charge in [0.05, 0.1) is 10.9 Å². The number of carbonyl (C=O) groups is 4. The Kier molecular flexibility index (Phi) is 7.80. The summed E-state index contributed by atoms with van der Waals surface area (Å²) < 4.78 is 1.63. The highest BCUT2D eigenvalue weighted by molar-refractivity contribution is 8.04. The van der Waals surface area contributed by atoms with Gasteiger partial charge in [-0.25, -0.2) is 9.78 Å². The van der Waals surface area contributed by atoms with E-state index >= 15 is 0 Å². The number of hydrogen-bond acceptors (Lipinski definition) is 11. The number of carboxylic acid groups (broad SMARTS) is 1. The summed E-state index contributed by atoms with van der Waals surface area (Å²) in [7, 11) is 0. The van der Waals surface area contributed by atoms with Crippen molar-refractivity contribution >= 4 is 69.4 Å². The number of anilines is 1. The Bertz CT molecular complexity index is 1350. The van der Waals surface area contributed by atoms with Crippen LogP contribution in [0.4, 0.5) is 5.13 Å². The van der Waals surface area contributed by atoms with Crippen molar-refractivity contribution in [2.45, 2.75) is 23.5 Å². The lowest BCUT2D eigenvalue weighted by Gasteiger charge is -2.49. The number of oxime groups is 1. The summed E-state index contributed by atoms with van der Waals surface area (Å²) in [6, 6.07) is 2.00. The Balaban J connectivity index is 1.44. The van der Waals surface area contributed by atoms with Crippen LogP contribution in [-0.4, -0.2) is 67.4 Å². The van der Waals surface area contributed by atoms with Gasteiger partial charge in [-0.3, -0.25) is 19.3 Å². The molecule has 3 amide bonds. The van der Waals surface area contributed by atoms with E-state index in [9.17, 15) is 29.5 Å². The number of fused-ring (bicyclic) bond motifs is 1. The first-order valence-electron chi connectivity index (χ1n) is 10.5. The van der Waals surface area contributed by atoms with E-state index in [1.807, 2.05) is 0 Å². The number of nitrogens with zero attached hydrogens (tertiary/aromatic N) is 4. The number of primary amides is 1. The first kappa shape index (κ1) is 26.2. The van der Waals surface area contributed by atoms with Crippen LogP contribution in [0.15, 0.2) is 62.9 Å². The van der Waals surface area contributed by atoms with Gasteiger partial charge in [0, 0.05) is 33.9 Å². The number of rotatable bonds is 9. The normalized spacial score (nSPS) is 19.5. The third-order valence-corrected chi connectivity index (χ3v) is 8.09. The van der Waals surface area contributed by atoms with Gasteiger partial charge in [0.1, 0.15) is 11.7 Å². The number of pyridine rings is 1. The molecule has 0 aromatic carbocycles. The number of carboxylic acids is 1. The number of nitrogens with one attached hydrogen (secondary N) is 1. The van der Waals surface area contributed by atoms with Crippen LogP contribution in [0.2, 0.25) is 0 Å². The Labute approximate surface area is 221 Å². The van der Waals surface area contributed by atoms with Gasteiger partial charge in [-0.2, -0.15) is 4.57 Å². The maximum absolute atomic E-state index is 12.9. The smallest absolute Gasteiger partial charge is 0.353 e. The number of thioether (sulfide) groups is 2. The van der Waals surface area contributed by atoms with E-state index in [1.165, 1.54) is 29.7 Å². The molecule has 37 heavy (non-hydrogen) atoms. The van der Waals surface area contributed by atoms with Gasteiger partial charge in [0.2, 0.25) is 6.54 Å². The predicted molar refractivity (Wildman–Crippen MR) is 135 cm³/mol. The SMILES string of the molecule is NC(=O)C[n+]1ccc(S/C=C/C2=C(C(=O)O)N3C(=O)[C@@H](NC(=O)/C(=N\O)c4cnc(N)s4)[C@H]3CS2)cc1. The minimum absolute atomic E-state index is 0.0622. The Hall–Kier alpha value is -3.89. The highest BCUT2D eigenvalue weighted by Crippen LogP contribution is 2.40. The molecule has 2 aromatic heterocycles. The van der Waals surface area contributed by atoms with Gasteiger partial charge in [-0.05, 0) is 11.5 Å². The second-order valence-electron chi connectivity index (χ2n) is 7.66. The number of carbonyl (C=O) groups excluding carboxylic acids is 3. The van der Waals surface area contributed by atoms with Crippen LogP contribution >= 0.6 is 34.9 Å². The number of nitrogen functional groups attached to an aromatic ring is 1. The molecule has 192 valence electrons. The summed E-state index contributed by atoms with van der Waals surface area (Å²) in [6.07, 6.45) is 6.29. The van der Waals surface area contributed by atoms with Crippen LogP contribution in [0.25, 0.3) is 0 Å². The molecule has 2 aliphatic heterocycles. The number of aromatic nitrogens is 2. The minimum Gasteiger partial charge on any atom is -0.477 e. The van der Waals surface area contributed by atoms with Gasteiger partial charge < -0.3 is 27.1 Å². The molecule has 1 saturated heterocycles. The van der Waals surface area contributed by atoms with Gasteiger partial charge >= 0.3 is 5.97 Å². The average molecular weight is 563 g/mol. The van der Waals surface area contributed by atoms with E-state index in [0.29, 0.717) is 10.7 Å². The molecular formula is C21H20N7O6S3+. The summed E-state index contributed by atoms with van der Waals surface area (Å²) in [5.74, 6) is -2.78. The zero-order chi connectivity index (χ0) is 26.7. The number of β-lactam (4-membered cyclic amide) rings is 1. The van der Waals surface area contributed by atoms with E-state index < -0.39 is 35.8 Å². The standard InChI is InChI=1S/C21H19N7O6S3/c22-14(29)8-27-4-1-10(2-5-27)35-6-3-12-17(20(32)33)28-11(9-36-12)15(19(28)31)25-18(30)16(26-34)13-7-24-21(23)37-13/h1-7,11,15H,8-9H2,(H6-,22,23,24,25,26,29,30,32,33,34)/p+1/b6-3+/t11-,15+/m1/s1. The first-order chi connectivity index (χ1) is 17.7. The molecule has 2 atom stereocenters. The molecule has 0 spiro atoms. The number of hydrogen-bond donors (Lipinski definition) is 5. The molecule has 4 heterocycles. The summed E-state index contributed by atoms with van der Waals surface area (Å²) in [5, 5.41) is 26.5. The van der Waals surface area contributed by atoms with E-state index in [1.54, 1.807) is 40.6 Å². The molecule has 2 aromatic rings. The van der Waals surface area contributed by atoms with Gasteiger partial charge in [-0.1, -0.05) is 28.3 Å². The quantitative estimate of drug-likeness (QED) is 0.0675. The predicted octanol–water partition coefficient (Wildman–Crippen LogP) is -0.279. The monoisotopic (exact) mass is 562 g/mol. The molecule has 1 fully saturated rings. The van der Waals surface area contributed by atoms with Crippen LogP contribution < -0.4 is 21.4 Å². The molecule has 16 heteroatoms. The zero-order valence-corrected chi connectivity index (χ0v) is 21.3. The number of amides is 3. The van der Waals surface area contributed by atoms with Crippen LogP contribution in [0.5, 0.6) is 0 Å². The maximum atomic E-state index is 12.9. The second kappa shape index (κ2) is 11.0. The Morgan fingerprint density at radius 3 is 2.68 bits per heavy atom. The number of thiazole rings is 1. The molecule has 0 unspecified atom stereocenters. The minimum atomic E-state index is -1.27. The summed E-state index contributed by atoms with van der Waals surface area (Å²) >= 11 is 3.52. The number of nitrogens with two attached hydrogens (primary N) is 2. The molecular weight excluding hydrogens is 542 g/mol. The van der Waals surface area contributed by atoms with Crippen molar-refractivity contribution < 1.29 is 34.1 Å². The molecule has 0 bridgehead atoms. The lowest BCUT2D eigenvalue weighted by molar-refractivity contribution is -0.684. The molecule has 4 rings (SSSR count). The topological polar surface area (TPSA) is 205 Å². The van der Waals surface area contributed by atoms with Gasteiger partial charge in [-0.15, -0.1) is 11.8 Å². The summed E-state index contributed by atoms with van der Waals surface area (Å²) in [4.78, 5) is 54.9. The van der Waals surface area contributed by atoms with Crippen molar-refractivity contribution in [3.8, 4) is 0 Å². The second-order valence-corrected chi connectivity index (χ2v) is 10.8. The molecule has 2 aliphatic rings. The third kappa shape index (κ3) is 5.60. The van der Waals surface area contributed by atoms with Crippen molar-refractivity contribution in [1.29, 1.82) is 0 Å². The van der Waals surface area contributed by atoms with Gasteiger partial charge in [0.25, 0.3) is 17.7 Å². The fraction of sp³-hybridized carbons (Fsp3) is 0.190. The molecule has 0 radical (unpaired) electrons. The summed E-state index contributed by atoms with van der Waals surface area (Å²) in [6.45, 7) is 0.0622. The fourth-order valence-electron chi connectivity index (χ4n) is 3.64. The lowest BCUT2D eigenvalue weighted by atomic mass is 9.94. The fourth-order valence-corrected chi connectivity index (χ4v) is 6.21.